The minimum atomic E-state index is 0.607. The van der Waals surface area contributed by atoms with Gasteiger partial charge in [-0.3, -0.25) is 4.57 Å². The van der Waals surface area contributed by atoms with Crippen LogP contribution < -0.4 is 0 Å². The van der Waals surface area contributed by atoms with Crippen molar-refractivity contribution >= 4 is 153 Å². The zero-order valence-electron chi connectivity index (χ0n) is 62.5. The smallest absolute Gasteiger partial charge is 0.235 e. The molecular formula is C108H64N6O2. The number of benzene rings is 18. The zero-order valence-corrected chi connectivity index (χ0v) is 62.5. The van der Waals surface area contributed by atoms with Gasteiger partial charge in [0.05, 0.1) is 66.1 Å². The lowest BCUT2D eigenvalue weighted by atomic mass is 10.0. The van der Waals surface area contributed by atoms with Crippen LogP contribution in [0.1, 0.15) is 0 Å². The van der Waals surface area contributed by atoms with Crippen molar-refractivity contribution in [1.29, 1.82) is 0 Å². The summed E-state index contributed by atoms with van der Waals surface area (Å²) in [5, 5.41) is 17.4. The molecule has 0 bridgehead atoms. The Bertz CT molecular complexity index is 8410. The molecule has 0 fully saturated rings. The predicted molar refractivity (Wildman–Crippen MR) is 482 cm³/mol. The molecule has 7 aromatic heterocycles. The van der Waals surface area contributed by atoms with Crippen LogP contribution in [0.25, 0.3) is 243 Å². The van der Waals surface area contributed by atoms with Crippen molar-refractivity contribution in [2.45, 2.75) is 0 Å². The maximum absolute atomic E-state index is 6.56. The molecule has 0 saturated carbocycles. The van der Waals surface area contributed by atoms with Crippen molar-refractivity contribution in [3.63, 3.8) is 0 Å². The van der Waals surface area contributed by atoms with Crippen LogP contribution in [0, 0.1) is 0 Å². The molecule has 7 heterocycles. The molecule has 116 heavy (non-hydrogen) atoms. The molecule has 0 N–H and O–H groups in total. The predicted octanol–water partition coefficient (Wildman–Crippen LogP) is 29.0. The van der Waals surface area contributed by atoms with Crippen LogP contribution in [0.2, 0.25) is 0 Å². The molecule has 0 spiro atoms. The number of fused-ring (bicyclic) bond motifs is 26. The number of furan rings is 2. The first kappa shape index (κ1) is 64.1. The lowest BCUT2D eigenvalue weighted by Gasteiger charge is -2.13. The van der Waals surface area contributed by atoms with Crippen molar-refractivity contribution in [3.05, 3.63) is 388 Å². The average molecular weight is 1480 g/mol. The number of rotatable bonds is 8. The van der Waals surface area contributed by atoms with Crippen LogP contribution in [0.4, 0.5) is 0 Å². The highest BCUT2D eigenvalue weighted by molar-refractivity contribution is 6.33. The average Bonchev–Trinajstić information content (AvgIpc) is 1.53. The number of nitrogens with zero attached hydrogens (tertiary/aromatic N) is 6. The molecule has 1 aliphatic rings. The fourth-order valence-electron chi connectivity index (χ4n) is 19.4. The number of hydrogen-bond acceptors (Lipinski definition) is 4. The normalized spacial score (nSPS) is 12.1. The van der Waals surface area contributed by atoms with E-state index in [0.717, 1.165) is 132 Å². The quantitative estimate of drug-likeness (QED) is 0.152. The summed E-state index contributed by atoms with van der Waals surface area (Å²) in [6.45, 7) is 0. The molecule has 1 aliphatic carbocycles. The van der Waals surface area contributed by atoms with Crippen molar-refractivity contribution in [2.24, 2.45) is 0 Å². The topological polar surface area (TPSA) is 71.8 Å². The highest BCUT2D eigenvalue weighted by atomic mass is 16.3. The lowest BCUT2D eigenvalue weighted by molar-refractivity contribution is 0.669. The number of aromatic nitrogens is 6. The molecular weight excluding hydrogens is 1410 g/mol. The van der Waals surface area contributed by atoms with Gasteiger partial charge in [-0.25, -0.2) is 9.97 Å². The van der Waals surface area contributed by atoms with Crippen molar-refractivity contribution < 1.29 is 8.83 Å². The molecule has 0 amide bonds. The minimum Gasteiger partial charge on any atom is -0.456 e. The second kappa shape index (κ2) is 24.9. The first-order valence-corrected chi connectivity index (χ1v) is 39.6. The Morgan fingerprint density at radius 3 is 1.15 bits per heavy atom. The van der Waals surface area contributed by atoms with Gasteiger partial charge in [0.15, 0.2) is 0 Å². The van der Waals surface area contributed by atoms with Crippen molar-refractivity contribution in [3.8, 4) is 89.9 Å². The number of hydrogen-bond donors (Lipinski definition) is 0. The van der Waals surface area contributed by atoms with E-state index in [1.807, 2.05) is 12.1 Å². The van der Waals surface area contributed by atoms with Gasteiger partial charge in [0, 0.05) is 81.9 Å². The first-order chi connectivity index (χ1) is 57.6. The summed E-state index contributed by atoms with van der Waals surface area (Å²) in [6.07, 6.45) is 0. The van der Waals surface area contributed by atoms with Gasteiger partial charge in [-0.05, 0) is 170 Å². The Kier molecular flexibility index (Phi) is 13.8. The molecule has 0 radical (unpaired) electrons. The standard InChI is InChI=1S/C56H34N4O.C52H30N2O/c1-3-13-35(14-4-1)37-23-25-39(26-24-37)53-43-17-7-10-20-46(43)57-56(58-53)60-54-41(42-32-34-50-52(55(42)60)45-19-9-12-22-49(45)61-50)31-33-48-51(54)44-18-8-11-21-47(44)59(48)40-29-27-38(28-30-40)36-15-5-2-6-16-36;1-2-11-31(12-3-1)32-21-23-34(24-22-32)54-51-39(40-26-28-47-50(52(40)54)42-17-7-9-20-46(42)55-47)25-27-45-49(51)41-16-6-8-19-44(41)53(45)35-29-33-13-10-18-38-36-14-4-5-15-37(36)43(30-35)48(33)38/h1-34H;1-30H. The largest absolute Gasteiger partial charge is 0.456 e. The van der Waals surface area contributed by atoms with Crippen LogP contribution in [0.3, 0.4) is 0 Å². The Labute approximate surface area is 663 Å². The van der Waals surface area contributed by atoms with Crippen LogP contribution in [0.15, 0.2) is 397 Å². The summed E-state index contributed by atoms with van der Waals surface area (Å²) in [6, 6.07) is 139. The minimum absolute atomic E-state index is 0.607. The fraction of sp³-hybridized carbons (Fsp3) is 0. The third kappa shape index (κ3) is 9.43. The highest BCUT2D eigenvalue weighted by Crippen LogP contribution is 2.52. The van der Waals surface area contributed by atoms with E-state index < -0.39 is 0 Å². The summed E-state index contributed by atoms with van der Waals surface area (Å²) < 4.78 is 22.8. The fourth-order valence-corrected chi connectivity index (χ4v) is 19.4. The van der Waals surface area contributed by atoms with E-state index >= 15 is 0 Å². The van der Waals surface area contributed by atoms with E-state index in [2.05, 4.69) is 394 Å². The van der Waals surface area contributed by atoms with E-state index in [4.69, 9.17) is 18.8 Å². The van der Waals surface area contributed by atoms with E-state index in [0.29, 0.717) is 5.95 Å². The van der Waals surface area contributed by atoms with Crippen LogP contribution >= 0.6 is 0 Å². The van der Waals surface area contributed by atoms with Gasteiger partial charge in [-0.2, -0.15) is 0 Å². The second-order valence-corrected chi connectivity index (χ2v) is 30.6. The van der Waals surface area contributed by atoms with Gasteiger partial charge in [-0.1, -0.05) is 285 Å². The summed E-state index contributed by atoms with van der Waals surface area (Å²) >= 11 is 0. The molecule has 538 valence electrons. The third-order valence-corrected chi connectivity index (χ3v) is 24.4. The summed E-state index contributed by atoms with van der Waals surface area (Å²) in [5.41, 5.74) is 31.0. The summed E-state index contributed by atoms with van der Waals surface area (Å²) in [5.74, 6) is 0.607. The van der Waals surface area contributed by atoms with Gasteiger partial charge in [0.25, 0.3) is 0 Å². The van der Waals surface area contributed by atoms with Gasteiger partial charge in [0.2, 0.25) is 5.95 Å². The molecule has 0 aliphatic heterocycles. The van der Waals surface area contributed by atoms with E-state index in [-0.39, 0.29) is 0 Å². The van der Waals surface area contributed by atoms with Gasteiger partial charge in [-0.15, -0.1) is 0 Å². The molecule has 0 unspecified atom stereocenters. The van der Waals surface area contributed by atoms with Gasteiger partial charge >= 0.3 is 0 Å². The number of para-hydroxylation sites is 5. The second-order valence-electron chi connectivity index (χ2n) is 30.6. The van der Waals surface area contributed by atoms with E-state index in [1.54, 1.807) is 0 Å². The third-order valence-electron chi connectivity index (χ3n) is 24.4. The molecule has 0 atom stereocenters. The van der Waals surface area contributed by atoms with Crippen LogP contribution in [0.5, 0.6) is 0 Å². The van der Waals surface area contributed by atoms with Crippen molar-refractivity contribution in [2.75, 3.05) is 0 Å². The van der Waals surface area contributed by atoms with Crippen LogP contribution in [-0.4, -0.2) is 28.2 Å². The van der Waals surface area contributed by atoms with Crippen LogP contribution in [-0.2, 0) is 0 Å². The molecule has 25 aromatic rings. The zero-order chi connectivity index (χ0) is 75.8. The Morgan fingerprint density at radius 2 is 0.595 bits per heavy atom. The summed E-state index contributed by atoms with van der Waals surface area (Å²) in [4.78, 5) is 11.0. The van der Waals surface area contributed by atoms with Gasteiger partial charge in [0.1, 0.15) is 22.3 Å². The SMILES string of the molecule is c1ccc(-c2ccc(-c3nc(-n4c5c(ccc6oc7ccccc7c65)c5ccc6c(c7ccccc7n6-c6ccc(-c7ccccc7)cc6)c54)nc4ccccc34)cc2)cc1.c1ccc(-c2ccc(-n3c4c(ccc5oc6ccccc6c54)c4ccc5c(c6ccccc6n5-c5cc6c7c(cccc7c5)-c5ccccc5-6)c43)cc2)cc1. The van der Waals surface area contributed by atoms with E-state index in [1.165, 1.54) is 105 Å². The maximum atomic E-state index is 6.56. The summed E-state index contributed by atoms with van der Waals surface area (Å²) in [7, 11) is 0. The highest BCUT2D eigenvalue weighted by Gasteiger charge is 2.30. The first-order valence-electron chi connectivity index (χ1n) is 39.6. The maximum Gasteiger partial charge on any atom is 0.235 e. The molecule has 8 nitrogen and oxygen atoms in total. The molecule has 8 heteroatoms. The monoisotopic (exact) mass is 1480 g/mol. The lowest BCUT2D eigenvalue weighted by Crippen LogP contribution is -2.04. The Hall–Kier alpha value is -15.6. The Balaban J connectivity index is 0.000000131. The molecule has 0 saturated heterocycles. The molecule has 18 aromatic carbocycles. The van der Waals surface area contributed by atoms with E-state index in [9.17, 15) is 0 Å². The Morgan fingerprint density at radius 1 is 0.198 bits per heavy atom. The van der Waals surface area contributed by atoms with Gasteiger partial charge < -0.3 is 22.5 Å². The van der Waals surface area contributed by atoms with Crippen molar-refractivity contribution in [1.82, 2.24) is 28.2 Å². The molecule has 26 rings (SSSR count).